The topological polar surface area (TPSA) is 47.6 Å². The van der Waals surface area contributed by atoms with Crippen LogP contribution in [-0.2, 0) is 4.79 Å². The highest BCUT2D eigenvalue weighted by Crippen LogP contribution is 2.34. The SMILES string of the molecule is C[C@H](Sc1ccc(Cl)cc1)C(=O)Nc1ccc2c(c1)OCO2. The standard InChI is InChI=1S/C16H14ClNO3S/c1-10(22-13-5-2-11(17)3-6-13)16(19)18-12-4-7-14-15(8-12)21-9-20-14/h2-8,10H,9H2,1H3,(H,18,19)/t10-/m0/s1. The zero-order valence-electron chi connectivity index (χ0n) is 11.8. The number of rotatable bonds is 4. The molecule has 0 fully saturated rings. The van der Waals surface area contributed by atoms with Crippen LogP contribution in [0.4, 0.5) is 5.69 Å². The van der Waals surface area contributed by atoms with Crippen molar-refractivity contribution in [3.05, 3.63) is 47.5 Å². The van der Waals surface area contributed by atoms with Crippen LogP contribution in [0.25, 0.3) is 0 Å². The molecule has 0 spiro atoms. The summed E-state index contributed by atoms with van der Waals surface area (Å²) in [6.45, 7) is 2.08. The molecule has 0 aliphatic carbocycles. The maximum Gasteiger partial charge on any atom is 0.237 e. The molecule has 114 valence electrons. The van der Waals surface area contributed by atoms with Gasteiger partial charge in [0.05, 0.1) is 5.25 Å². The van der Waals surface area contributed by atoms with E-state index in [9.17, 15) is 4.79 Å². The van der Waals surface area contributed by atoms with E-state index < -0.39 is 0 Å². The third-order valence-corrected chi connectivity index (χ3v) is 4.50. The van der Waals surface area contributed by atoms with Crippen molar-refractivity contribution in [3.63, 3.8) is 0 Å². The van der Waals surface area contributed by atoms with Gasteiger partial charge in [-0.1, -0.05) is 11.6 Å². The van der Waals surface area contributed by atoms with Crippen LogP contribution in [0.15, 0.2) is 47.4 Å². The number of fused-ring (bicyclic) bond motifs is 1. The zero-order chi connectivity index (χ0) is 15.5. The molecule has 1 aliphatic heterocycles. The predicted octanol–water partition coefficient (Wildman–Crippen LogP) is 4.19. The van der Waals surface area contributed by atoms with Gasteiger partial charge in [0.25, 0.3) is 0 Å². The number of thioether (sulfide) groups is 1. The molecule has 1 aliphatic rings. The average molecular weight is 336 g/mol. The molecule has 2 aromatic rings. The minimum atomic E-state index is -0.230. The Morgan fingerprint density at radius 2 is 1.91 bits per heavy atom. The maximum absolute atomic E-state index is 12.3. The zero-order valence-corrected chi connectivity index (χ0v) is 13.4. The smallest absolute Gasteiger partial charge is 0.237 e. The van der Waals surface area contributed by atoms with E-state index in [-0.39, 0.29) is 18.0 Å². The fraction of sp³-hybridized carbons (Fsp3) is 0.188. The first-order valence-electron chi connectivity index (χ1n) is 6.74. The van der Waals surface area contributed by atoms with Gasteiger partial charge in [0.1, 0.15) is 0 Å². The summed E-state index contributed by atoms with van der Waals surface area (Å²) in [5, 5.41) is 3.33. The molecule has 0 unspecified atom stereocenters. The molecule has 1 amide bonds. The van der Waals surface area contributed by atoms with Gasteiger partial charge in [-0.2, -0.15) is 0 Å². The van der Waals surface area contributed by atoms with Crippen molar-refractivity contribution in [2.75, 3.05) is 12.1 Å². The summed E-state index contributed by atoms with van der Waals surface area (Å²) in [5.41, 5.74) is 0.692. The highest BCUT2D eigenvalue weighted by atomic mass is 35.5. The number of amides is 1. The van der Waals surface area contributed by atoms with Crippen molar-refractivity contribution < 1.29 is 14.3 Å². The summed E-state index contributed by atoms with van der Waals surface area (Å²) in [4.78, 5) is 13.3. The number of nitrogens with one attached hydrogen (secondary N) is 1. The Labute approximate surface area is 137 Å². The van der Waals surface area contributed by atoms with Gasteiger partial charge in [-0.15, -0.1) is 11.8 Å². The molecule has 3 rings (SSSR count). The van der Waals surface area contributed by atoms with E-state index in [2.05, 4.69) is 5.32 Å². The van der Waals surface area contributed by atoms with Crippen molar-refractivity contribution in [2.45, 2.75) is 17.1 Å². The van der Waals surface area contributed by atoms with Crippen LogP contribution in [-0.4, -0.2) is 18.0 Å². The van der Waals surface area contributed by atoms with Gasteiger partial charge in [0.2, 0.25) is 12.7 Å². The molecular formula is C16H14ClNO3S. The molecule has 0 aromatic heterocycles. The van der Waals surface area contributed by atoms with Crippen molar-refractivity contribution in [2.24, 2.45) is 0 Å². The Morgan fingerprint density at radius 3 is 2.68 bits per heavy atom. The summed E-state index contributed by atoms with van der Waals surface area (Å²) in [6, 6.07) is 12.8. The van der Waals surface area contributed by atoms with Crippen LogP contribution >= 0.6 is 23.4 Å². The molecule has 1 heterocycles. The lowest BCUT2D eigenvalue weighted by molar-refractivity contribution is -0.115. The van der Waals surface area contributed by atoms with E-state index >= 15 is 0 Å². The maximum atomic E-state index is 12.3. The lowest BCUT2D eigenvalue weighted by Gasteiger charge is -2.12. The van der Waals surface area contributed by atoms with E-state index in [1.807, 2.05) is 31.2 Å². The van der Waals surface area contributed by atoms with Crippen LogP contribution in [0.1, 0.15) is 6.92 Å². The number of hydrogen-bond donors (Lipinski definition) is 1. The normalized spacial score (nSPS) is 13.7. The number of carbonyl (C=O) groups excluding carboxylic acids is 1. The third-order valence-electron chi connectivity index (χ3n) is 3.14. The quantitative estimate of drug-likeness (QED) is 0.851. The monoisotopic (exact) mass is 335 g/mol. The Bertz CT molecular complexity index is 690. The molecular weight excluding hydrogens is 322 g/mol. The largest absolute Gasteiger partial charge is 0.454 e. The second kappa shape index (κ2) is 6.50. The van der Waals surface area contributed by atoms with Crippen LogP contribution < -0.4 is 14.8 Å². The molecule has 1 atom stereocenters. The van der Waals surface area contributed by atoms with E-state index in [0.717, 1.165) is 4.90 Å². The first kappa shape index (κ1) is 15.1. The molecule has 0 radical (unpaired) electrons. The van der Waals surface area contributed by atoms with Crippen molar-refractivity contribution in [1.82, 2.24) is 0 Å². The average Bonchev–Trinajstić information content (AvgIpc) is 2.97. The third kappa shape index (κ3) is 3.48. The molecule has 6 heteroatoms. The minimum Gasteiger partial charge on any atom is -0.454 e. The molecule has 22 heavy (non-hydrogen) atoms. The fourth-order valence-corrected chi connectivity index (χ4v) is 2.98. The Balaban J connectivity index is 1.62. The highest BCUT2D eigenvalue weighted by molar-refractivity contribution is 8.00. The van der Waals surface area contributed by atoms with Crippen LogP contribution in [0.2, 0.25) is 5.02 Å². The van der Waals surface area contributed by atoms with Crippen LogP contribution in [0.3, 0.4) is 0 Å². The first-order chi connectivity index (χ1) is 10.6. The number of carbonyl (C=O) groups is 1. The number of halogens is 1. The number of anilines is 1. The van der Waals surface area contributed by atoms with Crippen LogP contribution in [0, 0.1) is 0 Å². The molecule has 0 bridgehead atoms. The van der Waals surface area contributed by atoms with Gasteiger partial charge in [-0.05, 0) is 43.3 Å². The van der Waals surface area contributed by atoms with Crippen molar-refractivity contribution in [3.8, 4) is 11.5 Å². The highest BCUT2D eigenvalue weighted by Gasteiger charge is 2.17. The van der Waals surface area contributed by atoms with Gasteiger partial charge < -0.3 is 14.8 Å². The Hall–Kier alpha value is -1.85. The molecule has 1 N–H and O–H groups in total. The predicted molar refractivity (Wildman–Crippen MR) is 88.0 cm³/mol. The number of benzene rings is 2. The fourth-order valence-electron chi connectivity index (χ4n) is 1.99. The second-order valence-corrected chi connectivity index (χ2v) is 6.62. The van der Waals surface area contributed by atoms with Gasteiger partial charge in [0, 0.05) is 21.7 Å². The molecule has 2 aromatic carbocycles. The summed E-state index contributed by atoms with van der Waals surface area (Å²) in [6.07, 6.45) is 0. The van der Waals surface area contributed by atoms with Gasteiger partial charge in [0.15, 0.2) is 11.5 Å². The summed E-state index contributed by atoms with van der Waals surface area (Å²) in [5.74, 6) is 1.27. The Morgan fingerprint density at radius 1 is 1.18 bits per heavy atom. The molecule has 4 nitrogen and oxygen atoms in total. The van der Waals surface area contributed by atoms with Crippen molar-refractivity contribution >= 4 is 35.0 Å². The summed E-state index contributed by atoms with van der Waals surface area (Å²) < 4.78 is 10.5. The Kier molecular flexibility index (Phi) is 4.45. The van der Waals surface area contributed by atoms with E-state index in [4.69, 9.17) is 21.1 Å². The first-order valence-corrected chi connectivity index (χ1v) is 8.00. The summed E-state index contributed by atoms with van der Waals surface area (Å²) in [7, 11) is 0. The van der Waals surface area contributed by atoms with Crippen LogP contribution in [0.5, 0.6) is 11.5 Å². The van der Waals surface area contributed by atoms with Gasteiger partial charge in [-0.25, -0.2) is 0 Å². The summed E-state index contributed by atoms with van der Waals surface area (Å²) >= 11 is 7.33. The molecule has 0 saturated heterocycles. The second-order valence-electron chi connectivity index (χ2n) is 4.77. The van der Waals surface area contributed by atoms with Gasteiger partial charge in [-0.3, -0.25) is 4.79 Å². The minimum absolute atomic E-state index is 0.0705. The van der Waals surface area contributed by atoms with E-state index in [0.29, 0.717) is 22.2 Å². The number of ether oxygens (including phenoxy) is 2. The van der Waals surface area contributed by atoms with E-state index in [1.54, 1.807) is 18.2 Å². The lowest BCUT2D eigenvalue weighted by atomic mass is 10.2. The van der Waals surface area contributed by atoms with Crippen molar-refractivity contribution in [1.29, 1.82) is 0 Å². The molecule has 0 saturated carbocycles. The van der Waals surface area contributed by atoms with Gasteiger partial charge >= 0.3 is 0 Å². The number of hydrogen-bond acceptors (Lipinski definition) is 4. The van der Waals surface area contributed by atoms with E-state index in [1.165, 1.54) is 11.8 Å². The lowest BCUT2D eigenvalue weighted by Crippen LogP contribution is -2.22.